The van der Waals surface area contributed by atoms with Gasteiger partial charge in [-0.1, -0.05) is 18.2 Å². The predicted molar refractivity (Wildman–Crippen MR) is 104 cm³/mol. The van der Waals surface area contributed by atoms with Crippen molar-refractivity contribution in [2.45, 2.75) is 38.5 Å². The van der Waals surface area contributed by atoms with Gasteiger partial charge in [-0.3, -0.25) is 4.79 Å². The van der Waals surface area contributed by atoms with E-state index in [1.165, 1.54) is 12.8 Å². The highest BCUT2D eigenvalue weighted by atomic mass is 16.1. The molecule has 0 spiro atoms. The lowest BCUT2D eigenvalue weighted by Crippen LogP contribution is -2.29. The molecule has 4 N–H and O–H groups in total. The third kappa shape index (κ3) is 5.33. The van der Waals surface area contributed by atoms with E-state index in [2.05, 4.69) is 15.7 Å². The highest BCUT2D eigenvalue weighted by Crippen LogP contribution is 2.17. The van der Waals surface area contributed by atoms with E-state index < -0.39 is 0 Å². The number of para-hydroxylation sites is 1. The Morgan fingerprint density at radius 3 is 2.81 bits per heavy atom. The molecule has 1 fully saturated rings. The van der Waals surface area contributed by atoms with Crippen molar-refractivity contribution in [2.24, 2.45) is 5.92 Å². The third-order valence-corrected chi connectivity index (χ3v) is 4.96. The molecule has 2 aromatic rings. The monoisotopic (exact) mass is 355 g/mol. The van der Waals surface area contributed by atoms with E-state index in [-0.39, 0.29) is 5.91 Å². The Bertz CT molecular complexity index is 691. The Labute approximate surface area is 155 Å². The molecule has 3 rings (SSSR count). The smallest absolute Gasteiger partial charge is 0.220 e. The quantitative estimate of drug-likeness (QED) is 0.634. The van der Waals surface area contributed by atoms with E-state index in [4.69, 9.17) is 5.73 Å². The second kappa shape index (κ2) is 9.38. The van der Waals surface area contributed by atoms with Crippen LogP contribution in [0.5, 0.6) is 0 Å². The summed E-state index contributed by atoms with van der Waals surface area (Å²) in [6.07, 6.45) is 5.70. The number of carbonyl (C=O) groups is 1. The largest absolute Gasteiger partial charge is 0.384 e. The molecule has 140 valence electrons. The number of carbonyl (C=O) groups excluding carboxylic acids is 1. The molecule has 1 saturated heterocycles. The lowest BCUT2D eigenvalue weighted by atomic mass is 9.93. The Morgan fingerprint density at radius 2 is 2.04 bits per heavy atom. The summed E-state index contributed by atoms with van der Waals surface area (Å²) < 4.78 is 1.76. The van der Waals surface area contributed by atoms with Crippen LogP contribution in [-0.4, -0.2) is 35.3 Å². The van der Waals surface area contributed by atoms with Crippen molar-refractivity contribution in [3.63, 3.8) is 0 Å². The average Bonchev–Trinajstić information content (AvgIpc) is 3.06. The van der Waals surface area contributed by atoms with Crippen LogP contribution in [-0.2, 0) is 11.2 Å². The molecule has 6 nitrogen and oxygen atoms in total. The zero-order valence-electron chi connectivity index (χ0n) is 15.3. The number of benzene rings is 1. The van der Waals surface area contributed by atoms with Crippen LogP contribution >= 0.6 is 0 Å². The summed E-state index contributed by atoms with van der Waals surface area (Å²) >= 11 is 0. The van der Waals surface area contributed by atoms with Crippen molar-refractivity contribution in [3.05, 3.63) is 42.1 Å². The number of piperidine rings is 1. The van der Waals surface area contributed by atoms with Crippen LogP contribution in [0, 0.1) is 5.92 Å². The fourth-order valence-corrected chi connectivity index (χ4v) is 3.44. The molecule has 1 aliphatic rings. The zero-order valence-corrected chi connectivity index (χ0v) is 15.3. The Hall–Kier alpha value is -2.34. The molecule has 0 saturated carbocycles. The summed E-state index contributed by atoms with van der Waals surface area (Å²) in [4.78, 5) is 12.0. The van der Waals surface area contributed by atoms with Gasteiger partial charge >= 0.3 is 0 Å². The SMILES string of the molecule is Nc1cc(CCCNC(=O)CCC2CCNCC2)nn1-c1ccccc1. The van der Waals surface area contributed by atoms with Gasteiger partial charge in [-0.2, -0.15) is 5.10 Å². The fourth-order valence-electron chi connectivity index (χ4n) is 3.44. The molecule has 26 heavy (non-hydrogen) atoms. The minimum absolute atomic E-state index is 0.165. The van der Waals surface area contributed by atoms with E-state index in [9.17, 15) is 4.79 Å². The maximum Gasteiger partial charge on any atom is 0.220 e. The van der Waals surface area contributed by atoms with Crippen LogP contribution in [0.2, 0.25) is 0 Å². The Morgan fingerprint density at radius 1 is 1.27 bits per heavy atom. The number of hydrogen-bond acceptors (Lipinski definition) is 4. The van der Waals surface area contributed by atoms with Gasteiger partial charge < -0.3 is 16.4 Å². The molecular weight excluding hydrogens is 326 g/mol. The van der Waals surface area contributed by atoms with Gasteiger partial charge in [0.2, 0.25) is 5.91 Å². The van der Waals surface area contributed by atoms with Crippen LogP contribution in [0.4, 0.5) is 5.82 Å². The van der Waals surface area contributed by atoms with Crippen molar-refractivity contribution < 1.29 is 4.79 Å². The van der Waals surface area contributed by atoms with Crippen molar-refractivity contribution in [3.8, 4) is 5.69 Å². The standard InChI is InChI=1S/C20H29N5O/c21-19-15-17(24-25(19)18-6-2-1-3-7-18)5-4-12-23-20(26)9-8-16-10-13-22-14-11-16/h1-3,6-7,15-16,22H,4-5,8-14,21H2,(H,23,26). The second-order valence-electron chi connectivity index (χ2n) is 6.99. The molecule has 2 heterocycles. The van der Waals surface area contributed by atoms with Gasteiger partial charge in [-0.05, 0) is 63.2 Å². The van der Waals surface area contributed by atoms with Crippen molar-refractivity contribution in [2.75, 3.05) is 25.4 Å². The van der Waals surface area contributed by atoms with Crippen LogP contribution in [0.3, 0.4) is 0 Å². The van der Waals surface area contributed by atoms with Crippen molar-refractivity contribution in [1.82, 2.24) is 20.4 Å². The summed E-state index contributed by atoms with van der Waals surface area (Å²) in [6, 6.07) is 11.8. The number of anilines is 1. The van der Waals surface area contributed by atoms with Crippen molar-refractivity contribution in [1.29, 1.82) is 0 Å². The minimum Gasteiger partial charge on any atom is -0.384 e. The number of aromatic nitrogens is 2. The highest BCUT2D eigenvalue weighted by molar-refractivity contribution is 5.75. The molecular formula is C20H29N5O. The van der Waals surface area contributed by atoms with Gasteiger partial charge in [0, 0.05) is 19.0 Å². The number of nitrogen functional groups attached to an aromatic ring is 1. The number of nitrogens with one attached hydrogen (secondary N) is 2. The molecule has 1 amide bonds. The van der Waals surface area contributed by atoms with Crippen LogP contribution < -0.4 is 16.4 Å². The third-order valence-electron chi connectivity index (χ3n) is 4.96. The maximum absolute atomic E-state index is 12.0. The van der Waals surface area contributed by atoms with Gasteiger partial charge in [0.05, 0.1) is 11.4 Å². The number of aryl methyl sites for hydroxylation is 1. The zero-order chi connectivity index (χ0) is 18.2. The number of rotatable bonds is 8. The number of nitrogens with two attached hydrogens (primary N) is 1. The molecule has 0 aliphatic carbocycles. The number of hydrogen-bond donors (Lipinski definition) is 3. The summed E-state index contributed by atoms with van der Waals surface area (Å²) in [5.74, 6) is 1.50. The average molecular weight is 355 g/mol. The molecule has 0 atom stereocenters. The van der Waals surface area contributed by atoms with Gasteiger partial charge in [0.1, 0.15) is 5.82 Å². The molecule has 1 aromatic heterocycles. The second-order valence-corrected chi connectivity index (χ2v) is 6.99. The predicted octanol–water partition coefficient (Wildman–Crippen LogP) is 2.28. The summed E-state index contributed by atoms with van der Waals surface area (Å²) in [6.45, 7) is 2.86. The first-order valence-corrected chi connectivity index (χ1v) is 9.59. The first kappa shape index (κ1) is 18.5. The van der Waals surface area contributed by atoms with Crippen LogP contribution in [0.15, 0.2) is 36.4 Å². The molecule has 0 unspecified atom stereocenters. The summed E-state index contributed by atoms with van der Waals surface area (Å²) in [7, 11) is 0. The molecule has 0 bridgehead atoms. The van der Waals surface area contributed by atoms with E-state index >= 15 is 0 Å². The van der Waals surface area contributed by atoms with Gasteiger partial charge in [-0.25, -0.2) is 4.68 Å². The molecule has 1 aromatic carbocycles. The Balaban J connectivity index is 1.36. The van der Waals surface area contributed by atoms with E-state index in [1.54, 1.807) is 4.68 Å². The molecule has 6 heteroatoms. The maximum atomic E-state index is 12.0. The molecule has 1 aliphatic heterocycles. The first-order valence-electron chi connectivity index (χ1n) is 9.59. The van der Waals surface area contributed by atoms with Gasteiger partial charge in [0.25, 0.3) is 0 Å². The number of amides is 1. The first-order chi connectivity index (χ1) is 12.7. The number of nitrogens with zero attached hydrogens (tertiary/aromatic N) is 2. The van der Waals surface area contributed by atoms with Crippen LogP contribution in [0.25, 0.3) is 5.69 Å². The van der Waals surface area contributed by atoms with Crippen LogP contribution in [0.1, 0.15) is 37.8 Å². The molecule has 0 radical (unpaired) electrons. The van der Waals surface area contributed by atoms with E-state index in [0.717, 1.165) is 43.7 Å². The van der Waals surface area contributed by atoms with E-state index in [0.29, 0.717) is 24.7 Å². The normalized spacial score (nSPS) is 15.1. The van der Waals surface area contributed by atoms with Gasteiger partial charge in [0.15, 0.2) is 0 Å². The summed E-state index contributed by atoms with van der Waals surface area (Å²) in [5, 5.41) is 11.0. The Kier molecular flexibility index (Phi) is 6.66. The highest BCUT2D eigenvalue weighted by Gasteiger charge is 2.14. The minimum atomic E-state index is 0.165. The fraction of sp³-hybridized carbons (Fsp3) is 0.500. The topological polar surface area (TPSA) is 85.0 Å². The lowest BCUT2D eigenvalue weighted by Gasteiger charge is -2.22. The summed E-state index contributed by atoms with van der Waals surface area (Å²) in [5.41, 5.74) is 7.98. The van der Waals surface area contributed by atoms with Crippen molar-refractivity contribution >= 4 is 11.7 Å². The lowest BCUT2D eigenvalue weighted by molar-refractivity contribution is -0.121. The van der Waals surface area contributed by atoms with Gasteiger partial charge in [-0.15, -0.1) is 0 Å². The van der Waals surface area contributed by atoms with E-state index in [1.807, 2.05) is 36.4 Å².